The molecule has 22 heavy (non-hydrogen) atoms. The predicted octanol–water partition coefficient (Wildman–Crippen LogP) is 0.674. The van der Waals surface area contributed by atoms with Gasteiger partial charge in [-0.15, -0.1) is 0 Å². The van der Waals surface area contributed by atoms with E-state index in [1.807, 2.05) is 6.92 Å². The number of carbonyl (C=O) groups excluding carboxylic acids is 3. The fourth-order valence-electron chi connectivity index (χ4n) is 1.97. The van der Waals surface area contributed by atoms with E-state index in [4.69, 9.17) is 9.47 Å². The van der Waals surface area contributed by atoms with Gasteiger partial charge in [-0.1, -0.05) is 12.1 Å². The largest absolute Gasteiger partial charge is 0.493 e. The molecule has 1 aliphatic rings. The van der Waals surface area contributed by atoms with Gasteiger partial charge in [-0.3, -0.25) is 9.59 Å². The number of amides is 1. The van der Waals surface area contributed by atoms with E-state index in [0.717, 1.165) is 0 Å². The molecular weight excluding hydrogens is 290 g/mol. The number of esters is 2. The number of rotatable bonds is 6. The van der Waals surface area contributed by atoms with Crippen molar-refractivity contribution in [3.05, 3.63) is 29.8 Å². The van der Waals surface area contributed by atoms with Crippen molar-refractivity contribution in [2.24, 2.45) is 0 Å². The number of ether oxygens (including phenoxy) is 3. The first kappa shape index (κ1) is 15.8. The van der Waals surface area contributed by atoms with Crippen molar-refractivity contribution in [1.82, 2.24) is 5.32 Å². The molecule has 7 heteroatoms. The molecule has 0 saturated carbocycles. The van der Waals surface area contributed by atoms with Gasteiger partial charge in [0.05, 0.1) is 18.8 Å². The summed E-state index contributed by atoms with van der Waals surface area (Å²) in [4.78, 5) is 34.9. The van der Waals surface area contributed by atoms with Crippen LogP contribution in [0.3, 0.4) is 0 Å². The van der Waals surface area contributed by atoms with Crippen molar-refractivity contribution in [3.8, 4) is 5.75 Å². The Morgan fingerprint density at radius 3 is 2.82 bits per heavy atom. The molecular formula is C15H17NO6. The molecule has 1 atom stereocenters. The van der Waals surface area contributed by atoms with Crippen LogP contribution in [0.2, 0.25) is 0 Å². The maximum absolute atomic E-state index is 12.1. The van der Waals surface area contributed by atoms with E-state index in [2.05, 4.69) is 10.1 Å². The highest BCUT2D eigenvalue weighted by Crippen LogP contribution is 2.17. The Bertz CT molecular complexity index is 571. The summed E-state index contributed by atoms with van der Waals surface area (Å²) in [5, 5.41) is 2.44. The summed E-state index contributed by atoms with van der Waals surface area (Å²) in [5.41, 5.74) is 0.331. The van der Waals surface area contributed by atoms with Gasteiger partial charge in [0.25, 0.3) is 5.91 Å². The topological polar surface area (TPSA) is 90.9 Å². The third-order valence-electron chi connectivity index (χ3n) is 2.99. The molecule has 7 nitrogen and oxygen atoms in total. The minimum atomic E-state index is -0.875. The number of para-hydroxylation sites is 1. The van der Waals surface area contributed by atoms with Gasteiger partial charge < -0.3 is 19.5 Å². The molecule has 1 heterocycles. The van der Waals surface area contributed by atoms with Crippen LogP contribution in [0.15, 0.2) is 24.3 Å². The van der Waals surface area contributed by atoms with Crippen LogP contribution in [-0.2, 0) is 19.1 Å². The van der Waals surface area contributed by atoms with Gasteiger partial charge >= 0.3 is 11.9 Å². The van der Waals surface area contributed by atoms with Gasteiger partial charge in [-0.25, -0.2) is 4.79 Å². The fourth-order valence-corrected chi connectivity index (χ4v) is 1.97. The van der Waals surface area contributed by atoms with Crippen molar-refractivity contribution in [2.45, 2.75) is 19.4 Å². The molecule has 1 aromatic rings. The normalized spacial score (nSPS) is 16.8. The van der Waals surface area contributed by atoms with Crippen molar-refractivity contribution in [2.75, 3.05) is 19.8 Å². The predicted molar refractivity (Wildman–Crippen MR) is 75.4 cm³/mol. The Morgan fingerprint density at radius 2 is 2.14 bits per heavy atom. The standard InChI is InChI=1S/C15H17NO6/c1-2-20-11-6-4-3-5-10(11)14(18)16-9-13(17)22-12-7-8-21-15(12)19/h3-6,12H,2,7-9H2,1H3,(H,16,18)/t12-/m0/s1. The van der Waals surface area contributed by atoms with Crippen molar-refractivity contribution < 1.29 is 28.6 Å². The lowest BCUT2D eigenvalue weighted by Gasteiger charge is -2.11. The summed E-state index contributed by atoms with van der Waals surface area (Å²) < 4.78 is 15.0. The lowest BCUT2D eigenvalue weighted by atomic mass is 10.2. The second-order valence-electron chi connectivity index (χ2n) is 4.55. The molecule has 0 bridgehead atoms. The zero-order valence-corrected chi connectivity index (χ0v) is 12.2. The van der Waals surface area contributed by atoms with Crippen LogP contribution in [0.5, 0.6) is 5.75 Å². The number of carbonyl (C=O) groups is 3. The summed E-state index contributed by atoms with van der Waals surface area (Å²) in [5.74, 6) is -1.25. The maximum Gasteiger partial charge on any atom is 0.347 e. The van der Waals surface area contributed by atoms with E-state index < -0.39 is 23.9 Å². The van der Waals surface area contributed by atoms with Crippen LogP contribution < -0.4 is 10.1 Å². The lowest BCUT2D eigenvalue weighted by molar-refractivity contribution is -0.159. The highest BCUT2D eigenvalue weighted by atomic mass is 16.6. The first-order valence-corrected chi connectivity index (χ1v) is 6.98. The van der Waals surface area contributed by atoms with E-state index in [0.29, 0.717) is 24.3 Å². The average Bonchev–Trinajstić information content (AvgIpc) is 2.91. The van der Waals surface area contributed by atoms with Gasteiger partial charge in [0, 0.05) is 6.42 Å². The van der Waals surface area contributed by atoms with Crippen LogP contribution in [0.1, 0.15) is 23.7 Å². The van der Waals surface area contributed by atoms with E-state index in [9.17, 15) is 14.4 Å². The second-order valence-corrected chi connectivity index (χ2v) is 4.55. The van der Waals surface area contributed by atoms with Gasteiger partial charge in [0.2, 0.25) is 6.10 Å². The van der Waals surface area contributed by atoms with Crippen molar-refractivity contribution >= 4 is 17.8 Å². The molecule has 0 aliphatic carbocycles. The Hall–Kier alpha value is -2.57. The molecule has 1 N–H and O–H groups in total. The van der Waals surface area contributed by atoms with E-state index >= 15 is 0 Å². The zero-order chi connectivity index (χ0) is 15.9. The van der Waals surface area contributed by atoms with Gasteiger partial charge in [-0.05, 0) is 19.1 Å². The molecule has 1 aromatic carbocycles. The van der Waals surface area contributed by atoms with Gasteiger partial charge in [0.15, 0.2) is 0 Å². The molecule has 1 fully saturated rings. The minimum Gasteiger partial charge on any atom is -0.493 e. The number of hydrogen-bond donors (Lipinski definition) is 1. The maximum atomic E-state index is 12.1. The molecule has 0 radical (unpaired) electrons. The fraction of sp³-hybridized carbons (Fsp3) is 0.400. The average molecular weight is 307 g/mol. The highest BCUT2D eigenvalue weighted by molar-refractivity contribution is 5.98. The summed E-state index contributed by atoms with van der Waals surface area (Å²) >= 11 is 0. The molecule has 0 spiro atoms. The summed E-state index contributed by atoms with van der Waals surface area (Å²) in [6.07, 6.45) is -0.536. The van der Waals surface area contributed by atoms with Crippen LogP contribution in [-0.4, -0.2) is 43.7 Å². The first-order chi connectivity index (χ1) is 10.6. The van der Waals surface area contributed by atoms with Crippen LogP contribution in [0, 0.1) is 0 Å². The van der Waals surface area contributed by atoms with Gasteiger partial charge in [0.1, 0.15) is 12.3 Å². The van der Waals surface area contributed by atoms with E-state index in [-0.39, 0.29) is 13.2 Å². The van der Waals surface area contributed by atoms with Crippen LogP contribution in [0.4, 0.5) is 0 Å². The number of cyclic esters (lactones) is 1. The Morgan fingerprint density at radius 1 is 1.36 bits per heavy atom. The molecule has 1 aliphatic heterocycles. The molecule has 118 valence electrons. The summed E-state index contributed by atoms with van der Waals surface area (Å²) in [7, 11) is 0. The number of benzene rings is 1. The summed E-state index contributed by atoms with van der Waals surface area (Å²) in [6.45, 7) is 2.15. The lowest BCUT2D eigenvalue weighted by Crippen LogP contribution is -2.33. The molecule has 2 rings (SSSR count). The SMILES string of the molecule is CCOc1ccccc1C(=O)NCC(=O)O[C@H]1CCOC1=O. The van der Waals surface area contributed by atoms with Crippen molar-refractivity contribution in [3.63, 3.8) is 0 Å². The molecule has 0 aromatic heterocycles. The molecule has 1 amide bonds. The van der Waals surface area contributed by atoms with Gasteiger partial charge in [-0.2, -0.15) is 0 Å². The second kappa shape index (κ2) is 7.44. The van der Waals surface area contributed by atoms with Crippen molar-refractivity contribution in [1.29, 1.82) is 0 Å². The quantitative estimate of drug-likeness (QED) is 0.777. The van der Waals surface area contributed by atoms with E-state index in [1.54, 1.807) is 24.3 Å². The Balaban J connectivity index is 1.87. The smallest absolute Gasteiger partial charge is 0.347 e. The summed E-state index contributed by atoms with van der Waals surface area (Å²) in [6, 6.07) is 6.72. The van der Waals surface area contributed by atoms with Crippen LogP contribution >= 0.6 is 0 Å². The zero-order valence-electron chi connectivity index (χ0n) is 12.2. The third kappa shape index (κ3) is 3.97. The Kier molecular flexibility index (Phi) is 5.35. The Labute approximate surface area is 127 Å². The first-order valence-electron chi connectivity index (χ1n) is 6.98. The third-order valence-corrected chi connectivity index (χ3v) is 2.99. The van der Waals surface area contributed by atoms with Crippen LogP contribution in [0.25, 0.3) is 0 Å². The van der Waals surface area contributed by atoms with E-state index in [1.165, 1.54) is 0 Å². The monoisotopic (exact) mass is 307 g/mol. The minimum absolute atomic E-state index is 0.241. The molecule has 0 unspecified atom stereocenters. The number of hydrogen-bond acceptors (Lipinski definition) is 6. The molecule has 1 saturated heterocycles. The highest BCUT2D eigenvalue weighted by Gasteiger charge is 2.30. The number of nitrogens with one attached hydrogen (secondary N) is 1.